The molecule has 2 aromatic carbocycles. The third-order valence-corrected chi connectivity index (χ3v) is 4.22. The minimum Gasteiger partial charge on any atom is -0.497 e. The molecule has 2 rings (SSSR count). The first-order valence-corrected chi connectivity index (χ1v) is 9.19. The molecule has 0 aliphatic heterocycles. The van der Waals surface area contributed by atoms with Crippen molar-refractivity contribution in [3.05, 3.63) is 53.6 Å². The molecule has 0 radical (unpaired) electrons. The molecule has 0 saturated carbocycles. The van der Waals surface area contributed by atoms with Gasteiger partial charge in [-0.25, -0.2) is 0 Å². The van der Waals surface area contributed by atoms with E-state index in [9.17, 15) is 27.6 Å². The van der Waals surface area contributed by atoms with Crippen LogP contribution in [0.3, 0.4) is 0 Å². The summed E-state index contributed by atoms with van der Waals surface area (Å²) in [6.45, 7) is 2.48. The number of nitrogens with one attached hydrogen (secondary N) is 3. The second-order valence-corrected chi connectivity index (χ2v) is 6.72. The van der Waals surface area contributed by atoms with Crippen molar-refractivity contribution in [2.45, 2.75) is 32.5 Å². The summed E-state index contributed by atoms with van der Waals surface area (Å²) in [5.41, 5.74) is -0.552. The normalized spacial score (nSPS) is 11.9. The number of carbonyl (C=O) groups excluding carboxylic acids is 3. The van der Waals surface area contributed by atoms with Gasteiger partial charge in [-0.3, -0.25) is 14.4 Å². The van der Waals surface area contributed by atoms with E-state index in [1.165, 1.54) is 21.0 Å². The maximum atomic E-state index is 13.1. The molecule has 0 aliphatic carbocycles. The van der Waals surface area contributed by atoms with Crippen molar-refractivity contribution in [3.63, 3.8) is 0 Å². The molecule has 2 aromatic rings. The molecular weight excluding hydrogens is 415 g/mol. The average molecular weight is 437 g/mol. The molecule has 7 nitrogen and oxygen atoms in total. The van der Waals surface area contributed by atoms with E-state index in [0.717, 1.165) is 18.2 Å². The molecule has 1 atom stereocenters. The van der Waals surface area contributed by atoms with Crippen LogP contribution in [0.4, 0.5) is 24.5 Å². The Morgan fingerprint density at radius 2 is 1.58 bits per heavy atom. The Balaban J connectivity index is 2.27. The maximum Gasteiger partial charge on any atom is 0.416 e. The molecule has 0 fully saturated rings. The summed E-state index contributed by atoms with van der Waals surface area (Å²) in [6.07, 6.45) is -4.88. The number of alkyl halides is 3. The van der Waals surface area contributed by atoms with Gasteiger partial charge < -0.3 is 20.7 Å². The van der Waals surface area contributed by atoms with Gasteiger partial charge in [0, 0.05) is 13.8 Å². The van der Waals surface area contributed by atoms with Crippen molar-refractivity contribution >= 4 is 29.1 Å². The lowest BCUT2D eigenvalue weighted by molar-refractivity contribution is -0.137. The summed E-state index contributed by atoms with van der Waals surface area (Å²) >= 11 is 0. The number of carbonyl (C=O) groups is 3. The second-order valence-electron chi connectivity index (χ2n) is 6.72. The van der Waals surface area contributed by atoms with Crippen LogP contribution < -0.4 is 20.7 Å². The number of ether oxygens (including phenoxy) is 1. The molecule has 0 saturated heterocycles. The maximum absolute atomic E-state index is 13.1. The van der Waals surface area contributed by atoms with E-state index >= 15 is 0 Å². The molecule has 0 aromatic heterocycles. The van der Waals surface area contributed by atoms with Crippen LogP contribution in [0.25, 0.3) is 0 Å². The SMILES string of the molecule is COc1ccc(C(CC(=O)Nc2cc(C(F)(F)F)ccc2NC(C)=O)NC(C)=O)cc1. The summed E-state index contributed by atoms with van der Waals surface area (Å²) in [5, 5.41) is 7.42. The molecule has 1 unspecified atom stereocenters. The molecule has 166 valence electrons. The van der Waals surface area contributed by atoms with Crippen LogP contribution in [0.5, 0.6) is 5.75 Å². The Labute approximate surface area is 177 Å². The smallest absolute Gasteiger partial charge is 0.416 e. The Morgan fingerprint density at radius 1 is 0.935 bits per heavy atom. The van der Waals surface area contributed by atoms with Crippen molar-refractivity contribution < 1.29 is 32.3 Å². The van der Waals surface area contributed by atoms with E-state index < -0.39 is 29.6 Å². The van der Waals surface area contributed by atoms with Crippen LogP contribution in [-0.4, -0.2) is 24.8 Å². The lowest BCUT2D eigenvalue weighted by atomic mass is 10.0. The van der Waals surface area contributed by atoms with Crippen LogP contribution in [0.2, 0.25) is 0 Å². The highest BCUT2D eigenvalue weighted by atomic mass is 19.4. The number of hydrogen-bond donors (Lipinski definition) is 3. The molecule has 31 heavy (non-hydrogen) atoms. The van der Waals surface area contributed by atoms with Crippen LogP contribution >= 0.6 is 0 Å². The van der Waals surface area contributed by atoms with Gasteiger partial charge in [0.25, 0.3) is 0 Å². The first kappa shape index (κ1) is 23.7. The molecule has 0 spiro atoms. The number of rotatable bonds is 7. The third-order valence-electron chi connectivity index (χ3n) is 4.22. The summed E-state index contributed by atoms with van der Waals surface area (Å²) in [4.78, 5) is 35.6. The highest BCUT2D eigenvalue weighted by Gasteiger charge is 2.31. The van der Waals surface area contributed by atoms with Crippen molar-refractivity contribution in [1.29, 1.82) is 0 Å². The Kier molecular flexibility index (Phi) is 7.62. The Hall–Kier alpha value is -3.56. The van der Waals surface area contributed by atoms with Crippen molar-refractivity contribution in [1.82, 2.24) is 5.32 Å². The van der Waals surface area contributed by atoms with E-state index in [-0.39, 0.29) is 23.7 Å². The summed E-state index contributed by atoms with van der Waals surface area (Å²) in [6, 6.07) is 8.53. The molecule has 10 heteroatoms. The molecule has 0 heterocycles. The summed E-state index contributed by atoms with van der Waals surface area (Å²) in [5.74, 6) is -0.963. The van der Waals surface area contributed by atoms with Gasteiger partial charge in [0.1, 0.15) is 5.75 Å². The van der Waals surface area contributed by atoms with Crippen LogP contribution in [0, 0.1) is 0 Å². The van der Waals surface area contributed by atoms with Gasteiger partial charge in [0.2, 0.25) is 17.7 Å². The molecule has 0 aliphatic rings. The zero-order valence-corrected chi connectivity index (χ0v) is 17.1. The highest BCUT2D eigenvalue weighted by molar-refractivity contribution is 5.99. The van der Waals surface area contributed by atoms with Gasteiger partial charge >= 0.3 is 6.18 Å². The van der Waals surface area contributed by atoms with Gasteiger partial charge in [0.05, 0.1) is 36.5 Å². The number of benzene rings is 2. The molecular formula is C21H22F3N3O4. The van der Waals surface area contributed by atoms with E-state index in [1.807, 2.05) is 0 Å². The van der Waals surface area contributed by atoms with Gasteiger partial charge in [-0.15, -0.1) is 0 Å². The van der Waals surface area contributed by atoms with Crippen molar-refractivity contribution in [3.8, 4) is 5.75 Å². The lowest BCUT2D eigenvalue weighted by Crippen LogP contribution is -2.30. The molecule has 3 N–H and O–H groups in total. The first-order chi connectivity index (χ1) is 14.5. The van der Waals surface area contributed by atoms with Gasteiger partial charge in [-0.05, 0) is 35.9 Å². The van der Waals surface area contributed by atoms with E-state index in [2.05, 4.69) is 16.0 Å². The summed E-state index contributed by atoms with van der Waals surface area (Å²) in [7, 11) is 1.50. The van der Waals surface area contributed by atoms with Crippen LogP contribution in [0.15, 0.2) is 42.5 Å². The number of hydrogen-bond acceptors (Lipinski definition) is 4. The van der Waals surface area contributed by atoms with Gasteiger partial charge in [-0.2, -0.15) is 13.2 Å². The minimum atomic E-state index is -4.63. The fourth-order valence-electron chi connectivity index (χ4n) is 2.84. The molecule has 0 bridgehead atoms. The quantitative estimate of drug-likeness (QED) is 0.613. The minimum absolute atomic E-state index is 0.0226. The fraction of sp³-hybridized carbons (Fsp3) is 0.286. The summed E-state index contributed by atoms with van der Waals surface area (Å²) < 4.78 is 44.3. The third kappa shape index (κ3) is 7.02. The predicted octanol–water partition coefficient (Wildman–Crippen LogP) is 3.88. The fourth-order valence-corrected chi connectivity index (χ4v) is 2.84. The molecule has 3 amide bonds. The van der Waals surface area contributed by atoms with E-state index in [0.29, 0.717) is 11.3 Å². The van der Waals surface area contributed by atoms with E-state index in [4.69, 9.17) is 4.74 Å². The monoisotopic (exact) mass is 437 g/mol. The largest absolute Gasteiger partial charge is 0.497 e. The predicted molar refractivity (Wildman–Crippen MR) is 109 cm³/mol. The Morgan fingerprint density at radius 3 is 2.10 bits per heavy atom. The lowest BCUT2D eigenvalue weighted by Gasteiger charge is -2.20. The number of methoxy groups -OCH3 is 1. The zero-order valence-electron chi connectivity index (χ0n) is 17.1. The van der Waals surface area contributed by atoms with Crippen molar-refractivity contribution in [2.24, 2.45) is 0 Å². The second kappa shape index (κ2) is 9.96. The van der Waals surface area contributed by atoms with Gasteiger partial charge in [-0.1, -0.05) is 12.1 Å². The number of amides is 3. The topological polar surface area (TPSA) is 96.5 Å². The van der Waals surface area contributed by atoms with Crippen molar-refractivity contribution in [2.75, 3.05) is 17.7 Å². The Bertz CT molecular complexity index is 959. The average Bonchev–Trinajstić information content (AvgIpc) is 2.67. The number of halogens is 3. The van der Waals surface area contributed by atoms with E-state index in [1.54, 1.807) is 24.3 Å². The van der Waals surface area contributed by atoms with Crippen LogP contribution in [-0.2, 0) is 20.6 Å². The van der Waals surface area contributed by atoms with Crippen LogP contribution in [0.1, 0.15) is 37.4 Å². The number of anilines is 2. The first-order valence-electron chi connectivity index (χ1n) is 9.19. The van der Waals surface area contributed by atoms with Gasteiger partial charge in [0.15, 0.2) is 0 Å². The zero-order chi connectivity index (χ0) is 23.2. The highest BCUT2D eigenvalue weighted by Crippen LogP contribution is 2.34. The standard InChI is InChI=1S/C21H22F3N3O4/c1-12(28)25-17-9-6-15(21(22,23)24)10-19(17)27-20(30)11-18(26-13(2)29)14-4-7-16(31-3)8-5-14/h4-10,18H,11H2,1-3H3,(H,25,28)(H,26,29)(H,27,30).